The van der Waals surface area contributed by atoms with Crippen molar-refractivity contribution >= 4 is 17.9 Å². The molecule has 0 saturated heterocycles. The van der Waals surface area contributed by atoms with Crippen molar-refractivity contribution in [3.63, 3.8) is 0 Å². The Kier molecular flexibility index (Phi) is 63.2. The summed E-state index contributed by atoms with van der Waals surface area (Å²) in [7, 11) is 0. The van der Waals surface area contributed by atoms with Gasteiger partial charge in [0.05, 0.1) is 0 Å². The molecule has 0 aliphatic carbocycles. The van der Waals surface area contributed by atoms with Crippen LogP contribution < -0.4 is 0 Å². The van der Waals surface area contributed by atoms with Gasteiger partial charge in [0.2, 0.25) is 0 Å². The predicted molar refractivity (Wildman–Crippen MR) is 335 cm³/mol. The molecule has 0 aliphatic heterocycles. The molecule has 0 aromatic heterocycles. The maximum absolute atomic E-state index is 12.9. The molecule has 6 nitrogen and oxygen atoms in total. The Bertz CT molecular complexity index is 1380. The molecule has 0 saturated carbocycles. The fourth-order valence-corrected chi connectivity index (χ4v) is 9.96. The summed E-state index contributed by atoms with van der Waals surface area (Å²) < 4.78 is 17.0. The van der Waals surface area contributed by atoms with Crippen molar-refractivity contribution in [2.24, 2.45) is 0 Å². The first-order chi connectivity index (χ1) is 38.0. The molecule has 1 unspecified atom stereocenters. The largest absolute Gasteiger partial charge is 0.462 e. The molecule has 6 heteroatoms. The second-order valence-corrected chi connectivity index (χ2v) is 22.7. The second-order valence-electron chi connectivity index (χ2n) is 22.7. The Balaban J connectivity index is 4.29. The molecule has 448 valence electrons. The van der Waals surface area contributed by atoms with Crippen LogP contribution in [0.15, 0.2) is 60.8 Å². The number of ether oxygens (including phenoxy) is 3. The zero-order chi connectivity index (χ0) is 55.7. The van der Waals surface area contributed by atoms with Crippen LogP contribution in [0.4, 0.5) is 0 Å². The van der Waals surface area contributed by atoms with Gasteiger partial charge < -0.3 is 14.2 Å². The van der Waals surface area contributed by atoms with E-state index in [0.717, 1.165) is 103 Å². The van der Waals surface area contributed by atoms with Crippen LogP contribution in [0.2, 0.25) is 0 Å². The van der Waals surface area contributed by atoms with Gasteiger partial charge in [0.25, 0.3) is 0 Å². The lowest BCUT2D eigenvalue weighted by Gasteiger charge is -2.18. The van der Waals surface area contributed by atoms with Crippen LogP contribution >= 0.6 is 0 Å². The molecule has 0 radical (unpaired) electrons. The molecular formula is C71H128O6. The Hall–Kier alpha value is -2.89. The number of carbonyl (C=O) groups excluding carboxylic acids is 3. The fourth-order valence-electron chi connectivity index (χ4n) is 9.96. The number of hydrogen-bond donors (Lipinski definition) is 0. The maximum atomic E-state index is 12.9. The standard InChI is InChI=1S/C71H128O6/c1-4-7-10-13-16-19-22-25-28-30-32-33-34-35-36-37-39-40-43-46-49-52-55-58-61-64-70(73)76-67-68(66-75-69(72)63-60-57-54-51-48-45-42-27-24-21-18-15-12-9-6-3)77-71(74)65-62-59-56-53-50-47-44-41-38-31-29-26-23-20-17-14-11-8-5-2/h9,12,18,21-22,25,27,30,32,42,68H,4-8,10-11,13-17,19-20,23-24,26,28-29,31,33-41,43-67H2,1-3H3/b12-9-,21-18-,25-22-,32-30-,42-27-. The summed E-state index contributed by atoms with van der Waals surface area (Å²) in [5.41, 5.74) is 0. The summed E-state index contributed by atoms with van der Waals surface area (Å²) in [6.07, 6.45) is 83.8. The Morgan fingerprint density at radius 1 is 0.273 bits per heavy atom. The van der Waals surface area contributed by atoms with Crippen molar-refractivity contribution < 1.29 is 28.6 Å². The third-order valence-electron chi connectivity index (χ3n) is 15.0. The summed E-state index contributed by atoms with van der Waals surface area (Å²) in [4.78, 5) is 38.4. The van der Waals surface area contributed by atoms with Crippen LogP contribution in [0.1, 0.15) is 355 Å². The van der Waals surface area contributed by atoms with Crippen molar-refractivity contribution in [1.82, 2.24) is 0 Å². The fraction of sp³-hybridized carbons (Fsp3) is 0.817. The van der Waals surface area contributed by atoms with E-state index in [0.29, 0.717) is 19.3 Å². The minimum atomic E-state index is -0.781. The number of esters is 3. The normalized spacial score (nSPS) is 12.4. The quantitative estimate of drug-likeness (QED) is 0.0261. The average molecular weight is 1080 g/mol. The van der Waals surface area contributed by atoms with Crippen LogP contribution in [0.5, 0.6) is 0 Å². The van der Waals surface area contributed by atoms with Gasteiger partial charge in [0.15, 0.2) is 6.10 Å². The van der Waals surface area contributed by atoms with E-state index in [4.69, 9.17) is 14.2 Å². The number of hydrogen-bond acceptors (Lipinski definition) is 6. The van der Waals surface area contributed by atoms with Gasteiger partial charge in [-0.25, -0.2) is 0 Å². The van der Waals surface area contributed by atoms with Crippen molar-refractivity contribution in [3.8, 4) is 0 Å². The van der Waals surface area contributed by atoms with Gasteiger partial charge in [0, 0.05) is 19.3 Å². The monoisotopic (exact) mass is 1080 g/mol. The van der Waals surface area contributed by atoms with Crippen molar-refractivity contribution in [1.29, 1.82) is 0 Å². The van der Waals surface area contributed by atoms with E-state index >= 15 is 0 Å². The SMILES string of the molecule is CC/C=C\C/C=C\C/C=C\CCCCCCCC(=O)OCC(COC(=O)CCCCCCCCCCCCCCC/C=C\C/C=C\CCCCCCC)OC(=O)CCCCCCCCCCCCCCCCCCCCC. The van der Waals surface area contributed by atoms with Crippen LogP contribution in [0.3, 0.4) is 0 Å². The maximum Gasteiger partial charge on any atom is 0.306 e. The number of rotatable bonds is 62. The molecule has 77 heavy (non-hydrogen) atoms. The van der Waals surface area contributed by atoms with Gasteiger partial charge in [0.1, 0.15) is 13.2 Å². The highest BCUT2D eigenvalue weighted by atomic mass is 16.6. The lowest BCUT2D eigenvalue weighted by molar-refractivity contribution is -0.167. The van der Waals surface area contributed by atoms with Gasteiger partial charge in [-0.15, -0.1) is 0 Å². The first-order valence-corrected chi connectivity index (χ1v) is 33.8. The van der Waals surface area contributed by atoms with Gasteiger partial charge in [-0.05, 0) is 83.5 Å². The zero-order valence-electron chi connectivity index (χ0n) is 51.5. The molecule has 0 aromatic carbocycles. The third kappa shape index (κ3) is 63.8. The molecule has 0 spiro atoms. The summed E-state index contributed by atoms with van der Waals surface area (Å²) in [6, 6.07) is 0. The molecular weight excluding hydrogens is 949 g/mol. The Morgan fingerprint density at radius 2 is 0.506 bits per heavy atom. The van der Waals surface area contributed by atoms with E-state index in [1.807, 2.05) is 0 Å². The van der Waals surface area contributed by atoms with Crippen LogP contribution in [0, 0.1) is 0 Å². The average Bonchev–Trinajstić information content (AvgIpc) is 3.43. The molecule has 0 rings (SSSR count). The molecule has 1 atom stereocenters. The van der Waals surface area contributed by atoms with Crippen LogP contribution in [0.25, 0.3) is 0 Å². The summed E-state index contributed by atoms with van der Waals surface area (Å²) in [5, 5.41) is 0. The van der Waals surface area contributed by atoms with Crippen molar-refractivity contribution in [2.75, 3.05) is 13.2 Å². The van der Waals surface area contributed by atoms with Gasteiger partial charge >= 0.3 is 17.9 Å². The van der Waals surface area contributed by atoms with E-state index in [9.17, 15) is 14.4 Å². The topological polar surface area (TPSA) is 78.9 Å². The third-order valence-corrected chi connectivity index (χ3v) is 15.0. The minimum Gasteiger partial charge on any atom is -0.462 e. The summed E-state index contributed by atoms with van der Waals surface area (Å²) >= 11 is 0. The van der Waals surface area contributed by atoms with E-state index in [-0.39, 0.29) is 31.1 Å². The number of unbranched alkanes of at least 4 members (excludes halogenated alkanes) is 41. The highest BCUT2D eigenvalue weighted by Crippen LogP contribution is 2.18. The zero-order valence-corrected chi connectivity index (χ0v) is 51.5. The molecule has 0 aliphatic rings. The first kappa shape index (κ1) is 74.1. The first-order valence-electron chi connectivity index (χ1n) is 33.8. The number of allylic oxidation sites excluding steroid dienone is 10. The number of carbonyl (C=O) groups is 3. The van der Waals surface area contributed by atoms with Crippen LogP contribution in [-0.2, 0) is 28.6 Å². The van der Waals surface area contributed by atoms with Crippen LogP contribution in [-0.4, -0.2) is 37.2 Å². The summed E-state index contributed by atoms with van der Waals surface area (Å²) in [5.74, 6) is -0.872. The Morgan fingerprint density at radius 3 is 0.792 bits per heavy atom. The van der Waals surface area contributed by atoms with E-state index in [2.05, 4.69) is 81.5 Å². The smallest absolute Gasteiger partial charge is 0.306 e. The molecule has 0 bridgehead atoms. The van der Waals surface area contributed by atoms with Gasteiger partial charge in [-0.2, -0.15) is 0 Å². The summed E-state index contributed by atoms with van der Waals surface area (Å²) in [6.45, 7) is 6.56. The van der Waals surface area contributed by atoms with E-state index in [1.165, 1.54) is 212 Å². The van der Waals surface area contributed by atoms with Gasteiger partial charge in [-0.1, -0.05) is 313 Å². The highest BCUT2D eigenvalue weighted by molar-refractivity contribution is 5.71. The molecule has 0 amide bonds. The van der Waals surface area contributed by atoms with E-state index in [1.54, 1.807) is 0 Å². The molecule has 0 fully saturated rings. The van der Waals surface area contributed by atoms with Gasteiger partial charge in [-0.3, -0.25) is 14.4 Å². The predicted octanol–water partition coefficient (Wildman–Crippen LogP) is 23.1. The Labute approximate surface area is 479 Å². The van der Waals surface area contributed by atoms with Crippen molar-refractivity contribution in [2.45, 2.75) is 361 Å². The van der Waals surface area contributed by atoms with Crippen molar-refractivity contribution in [3.05, 3.63) is 60.8 Å². The second kappa shape index (κ2) is 65.6. The molecule has 0 aromatic rings. The lowest BCUT2D eigenvalue weighted by atomic mass is 10.0. The minimum absolute atomic E-state index is 0.0765. The lowest BCUT2D eigenvalue weighted by Crippen LogP contribution is -2.30. The molecule has 0 heterocycles. The molecule has 0 N–H and O–H groups in total. The van der Waals surface area contributed by atoms with E-state index < -0.39 is 6.10 Å². The highest BCUT2D eigenvalue weighted by Gasteiger charge is 2.19.